The van der Waals surface area contributed by atoms with Gasteiger partial charge in [-0.15, -0.1) is 0 Å². The first kappa shape index (κ1) is 14.2. The number of carbonyl (C=O) groups excluding carboxylic acids is 1. The molecule has 1 aliphatic rings. The summed E-state index contributed by atoms with van der Waals surface area (Å²) in [6, 6.07) is 4.98. The molecule has 1 amide bonds. The van der Waals surface area contributed by atoms with Crippen molar-refractivity contribution in [1.29, 1.82) is 0 Å². The molecule has 1 aliphatic carbocycles. The maximum Gasteiger partial charge on any atom is 0.253 e. The van der Waals surface area contributed by atoms with Gasteiger partial charge >= 0.3 is 0 Å². The molecule has 104 valence electrons. The van der Waals surface area contributed by atoms with E-state index in [0.29, 0.717) is 22.2 Å². The van der Waals surface area contributed by atoms with Gasteiger partial charge in [0, 0.05) is 17.3 Å². The van der Waals surface area contributed by atoms with Crippen molar-refractivity contribution in [2.75, 3.05) is 12.3 Å². The van der Waals surface area contributed by atoms with Crippen LogP contribution in [0, 0.1) is 11.8 Å². The first-order valence-electron chi connectivity index (χ1n) is 6.89. The average molecular weight is 281 g/mol. The number of anilines is 1. The van der Waals surface area contributed by atoms with Crippen LogP contribution in [0.2, 0.25) is 5.02 Å². The number of carbonyl (C=O) groups is 1. The zero-order valence-corrected chi connectivity index (χ0v) is 12.0. The Bertz CT molecular complexity index is 461. The van der Waals surface area contributed by atoms with E-state index in [1.807, 2.05) is 0 Å². The van der Waals surface area contributed by atoms with Crippen LogP contribution in [0.15, 0.2) is 18.2 Å². The molecule has 3 nitrogen and oxygen atoms in total. The molecule has 0 bridgehead atoms. The second kappa shape index (κ2) is 6.29. The van der Waals surface area contributed by atoms with Crippen molar-refractivity contribution in [2.45, 2.75) is 32.6 Å². The van der Waals surface area contributed by atoms with Crippen molar-refractivity contribution in [1.82, 2.24) is 5.32 Å². The summed E-state index contributed by atoms with van der Waals surface area (Å²) < 4.78 is 0. The summed E-state index contributed by atoms with van der Waals surface area (Å²) in [5.41, 5.74) is 6.75. The Hall–Kier alpha value is -1.22. The first-order valence-corrected chi connectivity index (χ1v) is 7.27. The normalized spacial score (nSPS) is 23.1. The molecule has 1 fully saturated rings. The highest BCUT2D eigenvalue weighted by Gasteiger charge is 2.19. The predicted octanol–water partition coefficient (Wildman–Crippen LogP) is 3.48. The molecule has 0 aromatic heterocycles. The van der Waals surface area contributed by atoms with Gasteiger partial charge in [-0.2, -0.15) is 0 Å². The summed E-state index contributed by atoms with van der Waals surface area (Å²) in [6.07, 6.45) is 5.00. The topological polar surface area (TPSA) is 55.1 Å². The molecule has 0 radical (unpaired) electrons. The van der Waals surface area contributed by atoms with Gasteiger partial charge in [-0.25, -0.2) is 0 Å². The third-order valence-corrected chi connectivity index (χ3v) is 4.09. The number of nitrogen functional groups attached to an aromatic ring is 1. The highest BCUT2D eigenvalue weighted by molar-refractivity contribution is 6.31. The van der Waals surface area contributed by atoms with E-state index in [1.165, 1.54) is 25.7 Å². The number of nitrogens with one attached hydrogen (secondary N) is 1. The summed E-state index contributed by atoms with van der Waals surface area (Å²) in [5.74, 6) is 1.27. The van der Waals surface area contributed by atoms with Gasteiger partial charge in [-0.05, 0) is 42.9 Å². The molecule has 2 rings (SSSR count). The van der Waals surface area contributed by atoms with Crippen LogP contribution in [0.4, 0.5) is 5.69 Å². The van der Waals surface area contributed by atoms with Crippen molar-refractivity contribution >= 4 is 23.2 Å². The molecule has 2 unspecified atom stereocenters. The van der Waals surface area contributed by atoms with Gasteiger partial charge in [-0.1, -0.05) is 31.4 Å². The van der Waals surface area contributed by atoms with E-state index in [-0.39, 0.29) is 5.91 Å². The second-order valence-corrected chi connectivity index (χ2v) is 6.02. The molecule has 1 saturated carbocycles. The Morgan fingerprint density at radius 2 is 2.26 bits per heavy atom. The Balaban J connectivity index is 1.90. The lowest BCUT2D eigenvalue weighted by Crippen LogP contribution is -2.31. The second-order valence-electron chi connectivity index (χ2n) is 5.58. The van der Waals surface area contributed by atoms with E-state index in [9.17, 15) is 4.79 Å². The first-order chi connectivity index (χ1) is 9.06. The number of amides is 1. The monoisotopic (exact) mass is 280 g/mol. The van der Waals surface area contributed by atoms with Gasteiger partial charge in [-0.3, -0.25) is 4.79 Å². The smallest absolute Gasteiger partial charge is 0.253 e. The fourth-order valence-electron chi connectivity index (χ4n) is 2.82. The number of hydrogen-bond acceptors (Lipinski definition) is 2. The third-order valence-electron chi connectivity index (χ3n) is 3.85. The lowest BCUT2D eigenvalue weighted by Gasteiger charge is -2.26. The predicted molar refractivity (Wildman–Crippen MR) is 79.3 cm³/mol. The van der Waals surface area contributed by atoms with E-state index < -0.39 is 0 Å². The van der Waals surface area contributed by atoms with E-state index in [0.717, 1.165) is 12.5 Å². The van der Waals surface area contributed by atoms with Crippen LogP contribution < -0.4 is 11.1 Å². The van der Waals surface area contributed by atoms with Crippen LogP contribution >= 0.6 is 11.6 Å². The summed E-state index contributed by atoms with van der Waals surface area (Å²) in [7, 11) is 0. The fraction of sp³-hybridized carbons (Fsp3) is 0.533. The minimum absolute atomic E-state index is 0.104. The van der Waals surface area contributed by atoms with Crippen molar-refractivity contribution < 1.29 is 4.79 Å². The molecule has 0 aliphatic heterocycles. The van der Waals surface area contributed by atoms with Crippen LogP contribution in [-0.2, 0) is 0 Å². The van der Waals surface area contributed by atoms with Crippen molar-refractivity contribution in [3.63, 3.8) is 0 Å². The Labute approximate surface area is 119 Å². The molecule has 3 N–H and O–H groups in total. The van der Waals surface area contributed by atoms with Crippen LogP contribution in [0.3, 0.4) is 0 Å². The van der Waals surface area contributed by atoms with Crippen LogP contribution in [0.1, 0.15) is 43.0 Å². The number of rotatable bonds is 3. The molecule has 2 atom stereocenters. The molecule has 4 heteroatoms. The van der Waals surface area contributed by atoms with Gasteiger partial charge in [0.15, 0.2) is 0 Å². The molecule has 1 aromatic carbocycles. The van der Waals surface area contributed by atoms with E-state index in [4.69, 9.17) is 17.3 Å². The summed E-state index contributed by atoms with van der Waals surface area (Å²) >= 11 is 5.82. The van der Waals surface area contributed by atoms with E-state index in [2.05, 4.69) is 12.2 Å². The van der Waals surface area contributed by atoms with Crippen LogP contribution in [0.25, 0.3) is 0 Å². The maximum absolute atomic E-state index is 12.1. The van der Waals surface area contributed by atoms with E-state index >= 15 is 0 Å². The van der Waals surface area contributed by atoms with Gasteiger partial charge < -0.3 is 11.1 Å². The van der Waals surface area contributed by atoms with Gasteiger partial charge in [0.2, 0.25) is 0 Å². The number of halogens is 1. The zero-order chi connectivity index (χ0) is 13.8. The quantitative estimate of drug-likeness (QED) is 0.833. The molecule has 0 spiro atoms. The number of benzene rings is 1. The Morgan fingerprint density at radius 3 is 2.95 bits per heavy atom. The van der Waals surface area contributed by atoms with Gasteiger partial charge in [0.05, 0.1) is 5.56 Å². The molecular weight excluding hydrogens is 260 g/mol. The summed E-state index contributed by atoms with van der Waals surface area (Å²) in [4.78, 5) is 12.1. The van der Waals surface area contributed by atoms with Crippen molar-refractivity contribution in [3.8, 4) is 0 Å². The third kappa shape index (κ3) is 3.87. The molecule has 0 saturated heterocycles. The molecular formula is C15H21ClN2O. The molecule has 0 heterocycles. The molecule has 19 heavy (non-hydrogen) atoms. The zero-order valence-electron chi connectivity index (χ0n) is 11.3. The highest BCUT2D eigenvalue weighted by Crippen LogP contribution is 2.28. The van der Waals surface area contributed by atoms with Crippen molar-refractivity contribution in [2.24, 2.45) is 11.8 Å². The fourth-order valence-corrected chi connectivity index (χ4v) is 3.00. The van der Waals surface area contributed by atoms with Crippen molar-refractivity contribution in [3.05, 3.63) is 28.8 Å². The Kier molecular flexibility index (Phi) is 4.70. The number of hydrogen-bond donors (Lipinski definition) is 2. The largest absolute Gasteiger partial charge is 0.398 e. The van der Waals surface area contributed by atoms with Gasteiger partial charge in [0.1, 0.15) is 0 Å². The Morgan fingerprint density at radius 1 is 1.47 bits per heavy atom. The van der Waals surface area contributed by atoms with Gasteiger partial charge in [0.25, 0.3) is 5.91 Å². The average Bonchev–Trinajstić information content (AvgIpc) is 2.36. The van der Waals surface area contributed by atoms with Crippen LogP contribution in [-0.4, -0.2) is 12.5 Å². The van der Waals surface area contributed by atoms with E-state index in [1.54, 1.807) is 18.2 Å². The lowest BCUT2D eigenvalue weighted by molar-refractivity contribution is 0.0941. The summed E-state index contributed by atoms with van der Waals surface area (Å²) in [6.45, 7) is 3.02. The lowest BCUT2D eigenvalue weighted by atomic mass is 9.82. The summed E-state index contributed by atoms with van der Waals surface area (Å²) in [5, 5.41) is 3.54. The molecule has 1 aromatic rings. The minimum Gasteiger partial charge on any atom is -0.398 e. The minimum atomic E-state index is -0.104. The highest BCUT2D eigenvalue weighted by atomic mass is 35.5. The standard InChI is InChI=1S/C15H21ClN2O/c1-10-3-2-4-11(7-10)9-18-15(19)13-6-5-12(16)8-14(13)17/h5-6,8,10-11H,2-4,7,9,17H2,1H3,(H,18,19). The number of nitrogens with two attached hydrogens (primary N) is 1. The van der Waals surface area contributed by atoms with Crippen LogP contribution in [0.5, 0.6) is 0 Å². The maximum atomic E-state index is 12.1. The SMILES string of the molecule is CC1CCCC(CNC(=O)c2ccc(Cl)cc2N)C1.